The Morgan fingerprint density at radius 3 is 2.60 bits per heavy atom. The summed E-state index contributed by atoms with van der Waals surface area (Å²) in [4.78, 5) is 0. The minimum atomic E-state index is 0.769. The van der Waals surface area contributed by atoms with E-state index in [-0.39, 0.29) is 0 Å². The summed E-state index contributed by atoms with van der Waals surface area (Å²) in [5, 5.41) is 2.23. The van der Waals surface area contributed by atoms with Crippen LogP contribution in [0.2, 0.25) is 0 Å². The third-order valence-electron chi connectivity index (χ3n) is 5.26. The summed E-state index contributed by atoms with van der Waals surface area (Å²) in [5.41, 5.74) is 6.86. The quantitative estimate of drug-likeness (QED) is 0.844. The number of nitrogen functional groups attached to an aromatic ring is 1. The Morgan fingerprint density at radius 1 is 1.00 bits per heavy atom. The smallest absolute Gasteiger partial charge is 0.127 e. The van der Waals surface area contributed by atoms with Crippen LogP contribution in [-0.4, -0.2) is 6.61 Å². The SMILES string of the molecule is Nc1ccc(OCC2CC3CCC2C3)c2ccccc12. The molecule has 0 aliphatic heterocycles. The summed E-state index contributed by atoms with van der Waals surface area (Å²) in [6.45, 7) is 0.870. The largest absolute Gasteiger partial charge is 0.493 e. The molecule has 2 bridgehead atoms. The maximum atomic E-state index is 6.16. The Balaban J connectivity index is 1.56. The molecule has 4 rings (SSSR count). The molecule has 2 nitrogen and oxygen atoms in total. The summed E-state index contributed by atoms with van der Waals surface area (Å²) in [7, 11) is 0. The van der Waals surface area contributed by atoms with E-state index >= 15 is 0 Å². The lowest BCUT2D eigenvalue weighted by Gasteiger charge is -2.22. The van der Waals surface area contributed by atoms with Gasteiger partial charge in [-0.1, -0.05) is 30.7 Å². The standard InChI is InChI=1S/C18H21NO/c19-17-7-8-18(16-4-2-1-3-15(16)17)20-11-14-10-12-5-6-13(14)9-12/h1-4,7-8,12-14H,5-6,9-11,19H2. The first-order valence-electron chi connectivity index (χ1n) is 7.71. The van der Waals surface area contributed by atoms with Gasteiger partial charge < -0.3 is 10.5 Å². The summed E-state index contributed by atoms with van der Waals surface area (Å²) >= 11 is 0. The number of nitrogens with two attached hydrogens (primary N) is 1. The molecule has 2 aromatic rings. The van der Waals surface area contributed by atoms with Gasteiger partial charge in [0.2, 0.25) is 0 Å². The molecule has 2 aromatic carbocycles. The Labute approximate surface area is 119 Å². The van der Waals surface area contributed by atoms with Gasteiger partial charge >= 0.3 is 0 Å². The van der Waals surface area contributed by atoms with Crippen molar-refractivity contribution < 1.29 is 4.74 Å². The highest BCUT2D eigenvalue weighted by Crippen LogP contribution is 2.48. The van der Waals surface area contributed by atoms with Crippen LogP contribution in [0.15, 0.2) is 36.4 Å². The van der Waals surface area contributed by atoms with Crippen molar-refractivity contribution >= 4 is 16.5 Å². The summed E-state index contributed by atoms with van der Waals surface area (Å²) in [5.74, 6) is 3.65. The number of anilines is 1. The van der Waals surface area contributed by atoms with E-state index in [0.29, 0.717) is 0 Å². The second-order valence-electron chi connectivity index (χ2n) is 6.44. The molecule has 0 radical (unpaired) electrons. The number of hydrogen-bond acceptors (Lipinski definition) is 2. The first kappa shape index (κ1) is 12.1. The molecule has 2 fully saturated rings. The third kappa shape index (κ3) is 1.94. The molecule has 0 saturated heterocycles. The van der Waals surface area contributed by atoms with Crippen LogP contribution in [0, 0.1) is 17.8 Å². The van der Waals surface area contributed by atoms with Crippen LogP contribution in [0.3, 0.4) is 0 Å². The molecular weight excluding hydrogens is 246 g/mol. The lowest BCUT2D eigenvalue weighted by atomic mass is 9.89. The Morgan fingerprint density at radius 2 is 1.85 bits per heavy atom. The van der Waals surface area contributed by atoms with Gasteiger partial charge in [0.25, 0.3) is 0 Å². The molecule has 3 unspecified atom stereocenters. The number of benzene rings is 2. The van der Waals surface area contributed by atoms with Crippen molar-refractivity contribution in [1.82, 2.24) is 0 Å². The fourth-order valence-electron chi connectivity index (χ4n) is 4.20. The fourth-order valence-corrected chi connectivity index (χ4v) is 4.20. The van der Waals surface area contributed by atoms with Gasteiger partial charge in [-0.15, -0.1) is 0 Å². The van der Waals surface area contributed by atoms with Gasteiger partial charge in [-0.05, 0) is 49.1 Å². The van der Waals surface area contributed by atoms with E-state index in [2.05, 4.69) is 12.1 Å². The highest BCUT2D eigenvalue weighted by atomic mass is 16.5. The van der Waals surface area contributed by atoms with E-state index in [9.17, 15) is 0 Å². The maximum absolute atomic E-state index is 6.16. The predicted octanol–water partition coefficient (Wildman–Crippen LogP) is 4.24. The Kier molecular flexibility index (Phi) is 2.83. The number of fused-ring (bicyclic) bond motifs is 3. The lowest BCUT2D eigenvalue weighted by Crippen LogP contribution is -2.18. The second-order valence-corrected chi connectivity index (χ2v) is 6.44. The van der Waals surface area contributed by atoms with E-state index in [0.717, 1.165) is 46.6 Å². The molecule has 2 aliphatic carbocycles. The van der Waals surface area contributed by atoms with Crippen LogP contribution >= 0.6 is 0 Å². The molecule has 20 heavy (non-hydrogen) atoms. The van der Waals surface area contributed by atoms with Gasteiger partial charge in [0, 0.05) is 16.5 Å². The number of hydrogen-bond donors (Lipinski definition) is 1. The summed E-state index contributed by atoms with van der Waals surface area (Å²) < 4.78 is 6.16. The van der Waals surface area contributed by atoms with Gasteiger partial charge in [0.1, 0.15) is 5.75 Å². The van der Waals surface area contributed by atoms with Crippen LogP contribution in [0.5, 0.6) is 5.75 Å². The molecular formula is C18H21NO. The normalized spacial score (nSPS) is 28.1. The van der Waals surface area contributed by atoms with Crippen molar-refractivity contribution in [3.63, 3.8) is 0 Å². The highest BCUT2D eigenvalue weighted by Gasteiger charge is 2.39. The van der Waals surface area contributed by atoms with Gasteiger partial charge in [-0.3, -0.25) is 0 Å². The molecule has 2 heteroatoms. The van der Waals surface area contributed by atoms with Crippen molar-refractivity contribution in [2.24, 2.45) is 17.8 Å². The molecule has 2 N–H and O–H groups in total. The van der Waals surface area contributed by atoms with E-state index in [1.54, 1.807) is 0 Å². The third-order valence-corrected chi connectivity index (χ3v) is 5.26. The molecule has 0 spiro atoms. The minimum absolute atomic E-state index is 0.769. The van der Waals surface area contributed by atoms with Crippen LogP contribution < -0.4 is 10.5 Å². The summed E-state index contributed by atoms with van der Waals surface area (Å²) in [6.07, 6.45) is 5.68. The van der Waals surface area contributed by atoms with Crippen molar-refractivity contribution in [3.05, 3.63) is 36.4 Å². The van der Waals surface area contributed by atoms with Gasteiger partial charge in [-0.2, -0.15) is 0 Å². The van der Waals surface area contributed by atoms with Crippen molar-refractivity contribution in [3.8, 4) is 5.75 Å². The first-order valence-corrected chi connectivity index (χ1v) is 7.71. The van der Waals surface area contributed by atoms with Crippen LogP contribution in [0.1, 0.15) is 25.7 Å². The van der Waals surface area contributed by atoms with Crippen LogP contribution in [0.4, 0.5) is 5.69 Å². The monoisotopic (exact) mass is 267 g/mol. The first-order chi connectivity index (χ1) is 9.81. The second kappa shape index (κ2) is 4.69. The van der Waals surface area contributed by atoms with Gasteiger partial charge in [0.15, 0.2) is 0 Å². The van der Waals surface area contributed by atoms with E-state index in [1.807, 2.05) is 24.3 Å². The minimum Gasteiger partial charge on any atom is -0.493 e. The average molecular weight is 267 g/mol. The van der Waals surface area contributed by atoms with Crippen molar-refractivity contribution in [2.75, 3.05) is 12.3 Å². The highest BCUT2D eigenvalue weighted by molar-refractivity contribution is 5.96. The Bertz CT molecular complexity index is 636. The molecule has 3 atom stereocenters. The van der Waals surface area contributed by atoms with Crippen LogP contribution in [-0.2, 0) is 0 Å². The average Bonchev–Trinajstić information content (AvgIpc) is 3.09. The molecule has 2 saturated carbocycles. The zero-order chi connectivity index (χ0) is 13.5. The Hall–Kier alpha value is -1.70. The topological polar surface area (TPSA) is 35.2 Å². The zero-order valence-corrected chi connectivity index (χ0v) is 11.7. The zero-order valence-electron chi connectivity index (χ0n) is 11.7. The molecule has 104 valence electrons. The number of rotatable bonds is 3. The lowest BCUT2D eigenvalue weighted by molar-refractivity contribution is 0.197. The van der Waals surface area contributed by atoms with Crippen molar-refractivity contribution in [2.45, 2.75) is 25.7 Å². The molecule has 0 aromatic heterocycles. The van der Waals surface area contributed by atoms with Gasteiger partial charge in [0.05, 0.1) is 6.61 Å². The fraction of sp³-hybridized carbons (Fsp3) is 0.444. The molecule has 0 amide bonds. The van der Waals surface area contributed by atoms with Crippen LogP contribution in [0.25, 0.3) is 10.8 Å². The van der Waals surface area contributed by atoms with Gasteiger partial charge in [-0.25, -0.2) is 0 Å². The molecule has 0 heterocycles. The van der Waals surface area contributed by atoms with E-state index < -0.39 is 0 Å². The van der Waals surface area contributed by atoms with E-state index in [4.69, 9.17) is 10.5 Å². The molecule has 2 aliphatic rings. The van der Waals surface area contributed by atoms with E-state index in [1.165, 1.54) is 25.7 Å². The maximum Gasteiger partial charge on any atom is 0.127 e. The summed E-state index contributed by atoms with van der Waals surface area (Å²) in [6, 6.07) is 12.2. The number of ether oxygens (including phenoxy) is 1. The predicted molar refractivity (Wildman–Crippen MR) is 82.8 cm³/mol. The van der Waals surface area contributed by atoms with Crippen molar-refractivity contribution in [1.29, 1.82) is 0 Å².